The number of amides is 2. The minimum atomic E-state index is -0.296. The van der Waals surface area contributed by atoms with Crippen LogP contribution in [0.4, 0.5) is 0 Å². The molecule has 0 radical (unpaired) electrons. The van der Waals surface area contributed by atoms with Crippen molar-refractivity contribution in [3.63, 3.8) is 0 Å². The van der Waals surface area contributed by atoms with E-state index in [0.29, 0.717) is 0 Å². The quantitative estimate of drug-likeness (QED) is 0.769. The molecule has 0 bridgehead atoms. The van der Waals surface area contributed by atoms with Crippen molar-refractivity contribution in [1.29, 1.82) is 0 Å². The molecule has 5 nitrogen and oxygen atoms in total. The third kappa shape index (κ3) is 3.22. The van der Waals surface area contributed by atoms with E-state index in [0.717, 1.165) is 32.4 Å². The minimum Gasteiger partial charge on any atom is -0.347 e. The van der Waals surface area contributed by atoms with Crippen molar-refractivity contribution in [2.45, 2.75) is 26.2 Å². The van der Waals surface area contributed by atoms with Crippen molar-refractivity contribution >= 4 is 11.8 Å². The van der Waals surface area contributed by atoms with Crippen LogP contribution in [0.1, 0.15) is 26.2 Å². The summed E-state index contributed by atoms with van der Waals surface area (Å²) in [6, 6.07) is 0. The second-order valence-electron chi connectivity index (χ2n) is 5.41. The van der Waals surface area contributed by atoms with Gasteiger partial charge in [0.1, 0.15) is 0 Å². The molecule has 1 aliphatic heterocycles. The summed E-state index contributed by atoms with van der Waals surface area (Å²) in [5.41, 5.74) is -0.296. The molecule has 104 valence electrons. The van der Waals surface area contributed by atoms with Crippen molar-refractivity contribution in [3.05, 3.63) is 0 Å². The normalized spacial score (nSPS) is 22.9. The van der Waals surface area contributed by atoms with Gasteiger partial charge in [0.05, 0.1) is 12.0 Å². The Kier molecular flexibility index (Phi) is 5.14. The van der Waals surface area contributed by atoms with Gasteiger partial charge in [-0.3, -0.25) is 9.59 Å². The molecule has 0 spiro atoms. The van der Waals surface area contributed by atoms with Gasteiger partial charge in [0, 0.05) is 27.7 Å². The van der Waals surface area contributed by atoms with Crippen LogP contribution < -0.4 is 5.32 Å². The minimum absolute atomic E-state index is 0.0385. The lowest BCUT2D eigenvalue weighted by molar-refractivity contribution is -0.144. The van der Waals surface area contributed by atoms with E-state index in [4.69, 9.17) is 0 Å². The van der Waals surface area contributed by atoms with Gasteiger partial charge in [0.15, 0.2) is 0 Å². The van der Waals surface area contributed by atoms with Crippen LogP contribution in [0.3, 0.4) is 0 Å². The van der Waals surface area contributed by atoms with Gasteiger partial charge in [-0.25, -0.2) is 0 Å². The highest BCUT2D eigenvalue weighted by Gasteiger charge is 2.42. The number of nitrogens with zero attached hydrogens (tertiary/aromatic N) is 2. The largest absolute Gasteiger partial charge is 0.347 e. The number of likely N-dealkylation sites (N-methyl/N-ethyl adjacent to an activating group) is 2. The molecular weight excluding hydrogens is 230 g/mol. The standard InChI is InChI=1S/C13H25N3O2/c1-5-6-13(7-8-14-10-13)12(18)16(4)9-11(17)15(2)3/h14H,5-10H2,1-4H3. The number of nitrogens with one attached hydrogen (secondary N) is 1. The first-order valence-electron chi connectivity index (χ1n) is 6.59. The van der Waals surface area contributed by atoms with Crippen LogP contribution in [0, 0.1) is 5.41 Å². The molecule has 0 aromatic carbocycles. The third-order valence-corrected chi connectivity index (χ3v) is 3.64. The first kappa shape index (κ1) is 15.0. The molecule has 1 atom stereocenters. The van der Waals surface area contributed by atoms with E-state index >= 15 is 0 Å². The highest BCUT2D eigenvalue weighted by molar-refractivity contribution is 5.88. The summed E-state index contributed by atoms with van der Waals surface area (Å²) in [6.07, 6.45) is 2.75. The molecule has 5 heteroatoms. The Labute approximate surface area is 110 Å². The molecule has 18 heavy (non-hydrogen) atoms. The number of carbonyl (C=O) groups excluding carboxylic acids is 2. The predicted molar refractivity (Wildman–Crippen MR) is 71.2 cm³/mol. The van der Waals surface area contributed by atoms with Crippen LogP contribution in [-0.4, -0.2) is 62.4 Å². The monoisotopic (exact) mass is 255 g/mol. The fourth-order valence-electron chi connectivity index (χ4n) is 2.55. The highest BCUT2D eigenvalue weighted by atomic mass is 16.2. The predicted octanol–water partition coefficient (Wildman–Crippen LogP) is 0.313. The molecule has 1 heterocycles. The first-order chi connectivity index (χ1) is 8.43. The Hall–Kier alpha value is -1.10. The van der Waals surface area contributed by atoms with Crippen molar-refractivity contribution < 1.29 is 9.59 Å². The molecule has 2 amide bonds. The molecule has 0 saturated carbocycles. The zero-order valence-corrected chi connectivity index (χ0v) is 12.0. The second-order valence-corrected chi connectivity index (χ2v) is 5.41. The molecule has 0 aliphatic carbocycles. The summed E-state index contributed by atoms with van der Waals surface area (Å²) in [6.45, 7) is 3.89. The van der Waals surface area contributed by atoms with Gasteiger partial charge in [0.25, 0.3) is 0 Å². The van der Waals surface area contributed by atoms with E-state index in [1.54, 1.807) is 26.0 Å². The molecule has 0 aromatic heterocycles. The molecule has 1 fully saturated rings. The lowest BCUT2D eigenvalue weighted by atomic mass is 9.81. The van der Waals surface area contributed by atoms with E-state index in [1.807, 2.05) is 0 Å². The summed E-state index contributed by atoms with van der Waals surface area (Å²) in [7, 11) is 5.14. The Bertz CT molecular complexity index is 309. The van der Waals surface area contributed by atoms with Gasteiger partial charge < -0.3 is 15.1 Å². The zero-order chi connectivity index (χ0) is 13.8. The van der Waals surface area contributed by atoms with Crippen molar-refractivity contribution in [1.82, 2.24) is 15.1 Å². The van der Waals surface area contributed by atoms with Gasteiger partial charge in [-0.15, -0.1) is 0 Å². The Morgan fingerprint density at radius 1 is 1.28 bits per heavy atom. The van der Waals surface area contributed by atoms with E-state index in [2.05, 4.69) is 12.2 Å². The topological polar surface area (TPSA) is 52.7 Å². The van der Waals surface area contributed by atoms with Crippen LogP contribution in [-0.2, 0) is 9.59 Å². The zero-order valence-electron chi connectivity index (χ0n) is 12.0. The molecular formula is C13H25N3O2. The molecule has 0 aromatic rings. The molecule has 1 saturated heterocycles. The SMILES string of the molecule is CCCC1(C(=O)N(C)CC(=O)N(C)C)CCNC1. The fraction of sp³-hybridized carbons (Fsp3) is 0.846. The fourth-order valence-corrected chi connectivity index (χ4v) is 2.55. The Morgan fingerprint density at radius 2 is 1.94 bits per heavy atom. The summed E-state index contributed by atoms with van der Waals surface area (Å²) < 4.78 is 0. The number of carbonyl (C=O) groups is 2. The van der Waals surface area contributed by atoms with Crippen LogP contribution in [0.5, 0.6) is 0 Å². The average Bonchev–Trinajstić information content (AvgIpc) is 2.78. The summed E-state index contributed by atoms with van der Waals surface area (Å²) >= 11 is 0. The molecule has 1 N–H and O–H groups in total. The summed E-state index contributed by atoms with van der Waals surface area (Å²) in [5, 5.41) is 3.27. The molecule has 1 aliphatic rings. The Balaban J connectivity index is 2.68. The van der Waals surface area contributed by atoms with Gasteiger partial charge in [-0.2, -0.15) is 0 Å². The number of rotatable bonds is 5. The van der Waals surface area contributed by atoms with Gasteiger partial charge in [-0.1, -0.05) is 13.3 Å². The van der Waals surface area contributed by atoms with E-state index < -0.39 is 0 Å². The lowest BCUT2D eigenvalue weighted by Gasteiger charge is -2.31. The maximum atomic E-state index is 12.5. The van der Waals surface area contributed by atoms with Gasteiger partial charge in [0.2, 0.25) is 11.8 Å². The summed E-state index contributed by atoms with van der Waals surface area (Å²) in [5.74, 6) is 0.0630. The van der Waals surface area contributed by atoms with Crippen molar-refractivity contribution in [2.24, 2.45) is 5.41 Å². The average molecular weight is 255 g/mol. The smallest absolute Gasteiger partial charge is 0.241 e. The van der Waals surface area contributed by atoms with Gasteiger partial charge >= 0.3 is 0 Å². The first-order valence-corrected chi connectivity index (χ1v) is 6.59. The maximum Gasteiger partial charge on any atom is 0.241 e. The molecule has 1 rings (SSSR count). The lowest BCUT2D eigenvalue weighted by Crippen LogP contribution is -2.47. The van der Waals surface area contributed by atoms with E-state index in [1.165, 1.54) is 4.90 Å². The van der Waals surface area contributed by atoms with Crippen LogP contribution in [0.15, 0.2) is 0 Å². The Morgan fingerprint density at radius 3 is 2.39 bits per heavy atom. The van der Waals surface area contributed by atoms with E-state index in [9.17, 15) is 9.59 Å². The van der Waals surface area contributed by atoms with Crippen LogP contribution >= 0.6 is 0 Å². The summed E-state index contributed by atoms with van der Waals surface area (Å²) in [4.78, 5) is 27.3. The molecule has 1 unspecified atom stereocenters. The number of hydrogen-bond acceptors (Lipinski definition) is 3. The van der Waals surface area contributed by atoms with Crippen LogP contribution in [0.25, 0.3) is 0 Å². The van der Waals surface area contributed by atoms with E-state index in [-0.39, 0.29) is 23.8 Å². The van der Waals surface area contributed by atoms with Crippen LogP contribution in [0.2, 0.25) is 0 Å². The highest BCUT2D eigenvalue weighted by Crippen LogP contribution is 2.32. The maximum absolute atomic E-state index is 12.5. The second kappa shape index (κ2) is 6.18. The van der Waals surface area contributed by atoms with Crippen molar-refractivity contribution in [2.75, 3.05) is 40.8 Å². The van der Waals surface area contributed by atoms with Gasteiger partial charge in [-0.05, 0) is 19.4 Å². The van der Waals surface area contributed by atoms with Crippen molar-refractivity contribution in [3.8, 4) is 0 Å². The third-order valence-electron chi connectivity index (χ3n) is 3.64. The number of hydrogen-bond donors (Lipinski definition) is 1.